The number of amides is 1. The minimum absolute atomic E-state index is 0.0104. The number of aromatic amines is 1. The molecule has 2 aromatic carbocycles. The van der Waals surface area contributed by atoms with E-state index in [1.165, 1.54) is 22.1 Å². The van der Waals surface area contributed by atoms with E-state index in [2.05, 4.69) is 48.4 Å². The summed E-state index contributed by atoms with van der Waals surface area (Å²) in [5.41, 5.74) is 6.95. The van der Waals surface area contributed by atoms with Crippen LogP contribution >= 0.6 is 0 Å². The van der Waals surface area contributed by atoms with Crippen LogP contribution in [-0.2, 0) is 16.1 Å². The van der Waals surface area contributed by atoms with Gasteiger partial charge in [-0.2, -0.15) is 0 Å². The third kappa shape index (κ3) is 3.13. The highest BCUT2D eigenvalue weighted by Crippen LogP contribution is 2.32. The second kappa shape index (κ2) is 6.96. The van der Waals surface area contributed by atoms with Gasteiger partial charge < -0.3 is 15.0 Å². The van der Waals surface area contributed by atoms with Crippen molar-refractivity contribution in [2.45, 2.75) is 39.3 Å². The Hall–Kier alpha value is -2.59. The van der Waals surface area contributed by atoms with Gasteiger partial charge in [-0.25, -0.2) is 0 Å². The number of aromatic nitrogens is 1. The summed E-state index contributed by atoms with van der Waals surface area (Å²) in [5.74, 6) is -0.0104. The molecule has 4 nitrogen and oxygen atoms in total. The van der Waals surface area contributed by atoms with Crippen LogP contribution in [0.2, 0.25) is 0 Å². The second-order valence-corrected chi connectivity index (χ2v) is 7.06. The molecule has 1 aliphatic heterocycles. The quantitative estimate of drug-likeness (QED) is 0.741. The highest BCUT2D eigenvalue weighted by Gasteiger charge is 2.23. The molecule has 1 fully saturated rings. The van der Waals surface area contributed by atoms with E-state index in [4.69, 9.17) is 4.74 Å². The van der Waals surface area contributed by atoms with Gasteiger partial charge in [0.15, 0.2) is 0 Å². The van der Waals surface area contributed by atoms with Gasteiger partial charge in [0, 0.05) is 24.2 Å². The van der Waals surface area contributed by atoms with Crippen LogP contribution in [0.5, 0.6) is 0 Å². The fraction of sp³-hybridized carbons (Fsp3) is 0.318. The fourth-order valence-corrected chi connectivity index (χ4v) is 3.77. The predicted molar refractivity (Wildman–Crippen MR) is 104 cm³/mol. The molecule has 2 heterocycles. The highest BCUT2D eigenvalue weighted by molar-refractivity contribution is 5.93. The molecule has 1 aliphatic rings. The number of fused-ring (bicyclic) bond motifs is 1. The predicted octanol–water partition coefficient (Wildman–Crippen LogP) is 4.25. The van der Waals surface area contributed by atoms with Gasteiger partial charge >= 0.3 is 0 Å². The van der Waals surface area contributed by atoms with E-state index in [1.54, 1.807) is 0 Å². The van der Waals surface area contributed by atoms with Gasteiger partial charge in [0.2, 0.25) is 5.91 Å². The standard InChI is InChI=1S/C22H24N2O2/c1-14-11-17(13-23-22(25)19-9-6-10-26-19)21-18(12-14)15(2)20(24-21)16-7-4-3-5-8-16/h3-5,7-8,11-12,19,24H,6,9-10,13H2,1-2H3,(H,23,25)/t19-/m1/s1. The first-order valence-corrected chi connectivity index (χ1v) is 9.20. The van der Waals surface area contributed by atoms with Gasteiger partial charge in [-0.3, -0.25) is 4.79 Å². The Kier molecular flexibility index (Phi) is 4.51. The van der Waals surface area contributed by atoms with E-state index in [0.717, 1.165) is 29.6 Å². The zero-order valence-corrected chi connectivity index (χ0v) is 15.3. The molecule has 1 amide bonds. The van der Waals surface area contributed by atoms with Gasteiger partial charge in [-0.15, -0.1) is 0 Å². The van der Waals surface area contributed by atoms with E-state index >= 15 is 0 Å². The minimum Gasteiger partial charge on any atom is -0.368 e. The van der Waals surface area contributed by atoms with Crippen molar-refractivity contribution in [3.8, 4) is 11.3 Å². The number of nitrogens with one attached hydrogen (secondary N) is 2. The average molecular weight is 348 g/mol. The van der Waals surface area contributed by atoms with Gasteiger partial charge in [0.05, 0.1) is 5.52 Å². The lowest BCUT2D eigenvalue weighted by Crippen LogP contribution is -2.33. The molecule has 4 heteroatoms. The SMILES string of the molecule is Cc1cc(CNC(=O)[C@H]2CCCO2)c2[nH]c(-c3ccccc3)c(C)c2c1. The molecule has 1 saturated heterocycles. The first-order valence-electron chi connectivity index (χ1n) is 9.20. The molecule has 0 aliphatic carbocycles. The number of benzene rings is 2. The first-order chi connectivity index (χ1) is 12.6. The van der Waals surface area contributed by atoms with Crippen LogP contribution in [0.15, 0.2) is 42.5 Å². The average Bonchev–Trinajstić information content (AvgIpc) is 3.29. The first kappa shape index (κ1) is 16.9. The van der Waals surface area contributed by atoms with E-state index in [1.807, 2.05) is 18.2 Å². The monoisotopic (exact) mass is 348 g/mol. The van der Waals surface area contributed by atoms with Crippen LogP contribution in [0, 0.1) is 13.8 Å². The number of rotatable bonds is 4. The summed E-state index contributed by atoms with van der Waals surface area (Å²) < 4.78 is 5.48. The van der Waals surface area contributed by atoms with Gasteiger partial charge in [0.25, 0.3) is 0 Å². The van der Waals surface area contributed by atoms with Crippen LogP contribution in [0.3, 0.4) is 0 Å². The number of hydrogen-bond donors (Lipinski definition) is 2. The van der Waals surface area contributed by atoms with Crippen molar-refractivity contribution >= 4 is 16.8 Å². The van der Waals surface area contributed by atoms with E-state index < -0.39 is 0 Å². The van der Waals surface area contributed by atoms with Crippen molar-refractivity contribution in [2.24, 2.45) is 0 Å². The lowest BCUT2D eigenvalue weighted by atomic mass is 10.0. The third-order valence-electron chi connectivity index (χ3n) is 5.13. The van der Waals surface area contributed by atoms with Crippen LogP contribution in [0.4, 0.5) is 0 Å². The number of carbonyl (C=O) groups excluding carboxylic acids is 1. The largest absolute Gasteiger partial charge is 0.368 e. The van der Waals surface area contributed by atoms with E-state index in [9.17, 15) is 4.79 Å². The lowest BCUT2D eigenvalue weighted by molar-refractivity contribution is -0.130. The summed E-state index contributed by atoms with van der Waals surface area (Å²) in [6.45, 7) is 5.43. The summed E-state index contributed by atoms with van der Waals surface area (Å²) in [4.78, 5) is 15.9. The molecule has 0 spiro atoms. The van der Waals surface area contributed by atoms with Gasteiger partial charge in [-0.05, 0) is 49.4 Å². The number of ether oxygens (including phenoxy) is 1. The summed E-state index contributed by atoms with van der Waals surface area (Å²) >= 11 is 0. The molecular weight excluding hydrogens is 324 g/mol. The maximum Gasteiger partial charge on any atom is 0.249 e. The van der Waals surface area contributed by atoms with Crippen LogP contribution < -0.4 is 5.32 Å². The second-order valence-electron chi connectivity index (χ2n) is 7.06. The highest BCUT2D eigenvalue weighted by atomic mass is 16.5. The Morgan fingerprint density at radius 2 is 2.04 bits per heavy atom. The molecule has 3 aromatic rings. The van der Waals surface area contributed by atoms with Crippen LogP contribution in [0.1, 0.15) is 29.5 Å². The smallest absolute Gasteiger partial charge is 0.249 e. The molecule has 0 unspecified atom stereocenters. The van der Waals surface area contributed by atoms with Crippen LogP contribution in [-0.4, -0.2) is 23.6 Å². The molecule has 1 aromatic heterocycles. The summed E-state index contributed by atoms with van der Waals surface area (Å²) in [5, 5.41) is 4.26. The van der Waals surface area contributed by atoms with Crippen molar-refractivity contribution in [3.63, 3.8) is 0 Å². The van der Waals surface area contributed by atoms with Crippen molar-refractivity contribution < 1.29 is 9.53 Å². The molecule has 26 heavy (non-hydrogen) atoms. The Balaban J connectivity index is 1.67. The van der Waals surface area contributed by atoms with E-state index in [0.29, 0.717) is 13.2 Å². The van der Waals surface area contributed by atoms with Crippen molar-refractivity contribution in [1.82, 2.24) is 10.3 Å². The van der Waals surface area contributed by atoms with Gasteiger partial charge in [-0.1, -0.05) is 42.0 Å². The number of carbonyl (C=O) groups is 1. The molecule has 0 saturated carbocycles. The number of aryl methyl sites for hydroxylation is 2. The molecule has 2 N–H and O–H groups in total. The van der Waals surface area contributed by atoms with Crippen molar-refractivity contribution in [3.05, 3.63) is 59.2 Å². The topological polar surface area (TPSA) is 54.1 Å². The molecule has 1 atom stereocenters. The lowest BCUT2D eigenvalue weighted by Gasteiger charge is -2.11. The van der Waals surface area contributed by atoms with Crippen LogP contribution in [0.25, 0.3) is 22.2 Å². The fourth-order valence-electron chi connectivity index (χ4n) is 3.77. The molecule has 0 bridgehead atoms. The number of H-pyrrole nitrogens is 1. The summed E-state index contributed by atoms with van der Waals surface area (Å²) in [6.07, 6.45) is 1.48. The maximum atomic E-state index is 12.3. The molecule has 134 valence electrons. The minimum atomic E-state index is -0.291. The molecule has 4 rings (SSSR count). The van der Waals surface area contributed by atoms with Crippen molar-refractivity contribution in [2.75, 3.05) is 6.61 Å². The van der Waals surface area contributed by atoms with Gasteiger partial charge in [0.1, 0.15) is 6.10 Å². The maximum absolute atomic E-state index is 12.3. The Morgan fingerprint density at radius 3 is 2.77 bits per heavy atom. The Labute approximate surface area is 153 Å². The van der Waals surface area contributed by atoms with Crippen molar-refractivity contribution in [1.29, 1.82) is 0 Å². The molecular formula is C22H24N2O2. The normalized spacial score (nSPS) is 16.9. The zero-order chi connectivity index (χ0) is 18.1. The summed E-state index contributed by atoms with van der Waals surface area (Å²) in [7, 11) is 0. The summed E-state index contributed by atoms with van der Waals surface area (Å²) in [6, 6.07) is 14.7. The Morgan fingerprint density at radius 1 is 1.23 bits per heavy atom. The zero-order valence-electron chi connectivity index (χ0n) is 15.3. The Bertz CT molecular complexity index is 938. The molecule has 0 radical (unpaired) electrons. The number of hydrogen-bond acceptors (Lipinski definition) is 2. The van der Waals surface area contributed by atoms with E-state index in [-0.39, 0.29) is 12.0 Å². The third-order valence-corrected chi connectivity index (χ3v) is 5.13.